The summed E-state index contributed by atoms with van der Waals surface area (Å²) in [6.45, 7) is 4.45. The first-order valence-corrected chi connectivity index (χ1v) is 6.36. The zero-order valence-electron chi connectivity index (χ0n) is 11.2. The van der Waals surface area contributed by atoms with Gasteiger partial charge in [0.15, 0.2) is 0 Å². The highest BCUT2D eigenvalue weighted by Gasteiger charge is 2.19. The van der Waals surface area contributed by atoms with Crippen LogP contribution in [-0.4, -0.2) is 18.0 Å². The van der Waals surface area contributed by atoms with Crippen molar-refractivity contribution >= 4 is 23.5 Å². The summed E-state index contributed by atoms with van der Waals surface area (Å²) in [7, 11) is 0. The predicted octanol–water partition coefficient (Wildman–Crippen LogP) is 3.29. The van der Waals surface area contributed by atoms with Crippen LogP contribution in [-0.2, 0) is 19.1 Å². The second-order valence-corrected chi connectivity index (χ2v) is 4.74. The fraction of sp³-hybridized carbons (Fsp3) is 0.429. The molecule has 0 N–H and O–H groups in total. The van der Waals surface area contributed by atoms with Crippen LogP contribution in [0.5, 0.6) is 0 Å². The van der Waals surface area contributed by atoms with Gasteiger partial charge in [-0.05, 0) is 24.6 Å². The van der Waals surface area contributed by atoms with Crippen LogP contribution in [0.1, 0.15) is 38.9 Å². The van der Waals surface area contributed by atoms with Crippen LogP contribution in [0, 0.1) is 0 Å². The molecular formula is C14H17ClO4. The molecule has 1 aromatic carbocycles. The molecule has 4 nitrogen and oxygen atoms in total. The van der Waals surface area contributed by atoms with E-state index in [4.69, 9.17) is 21.1 Å². The topological polar surface area (TPSA) is 52.6 Å². The fourth-order valence-electron chi connectivity index (χ4n) is 1.76. The summed E-state index contributed by atoms with van der Waals surface area (Å²) in [6, 6.07) is 7.03. The summed E-state index contributed by atoms with van der Waals surface area (Å²) in [5.41, 5.74) is 0.818. The van der Waals surface area contributed by atoms with Gasteiger partial charge in [0.25, 0.3) is 0 Å². The van der Waals surface area contributed by atoms with Gasteiger partial charge in [-0.25, -0.2) is 0 Å². The second kappa shape index (κ2) is 7.14. The third kappa shape index (κ3) is 5.75. The van der Waals surface area contributed by atoms with Crippen LogP contribution in [0.15, 0.2) is 24.3 Å². The number of benzene rings is 1. The number of carbonyl (C=O) groups is 2. The Morgan fingerprint density at radius 2 is 1.63 bits per heavy atom. The number of halogens is 1. The van der Waals surface area contributed by atoms with Gasteiger partial charge in [0.05, 0.1) is 0 Å². The van der Waals surface area contributed by atoms with Crippen LogP contribution in [0.2, 0.25) is 5.02 Å². The third-order valence-electron chi connectivity index (χ3n) is 2.46. The van der Waals surface area contributed by atoms with Crippen molar-refractivity contribution in [1.82, 2.24) is 0 Å². The molecule has 0 saturated heterocycles. The van der Waals surface area contributed by atoms with Gasteiger partial charge >= 0.3 is 11.9 Å². The Morgan fingerprint density at radius 3 is 2.11 bits per heavy atom. The number of esters is 2. The van der Waals surface area contributed by atoms with E-state index in [2.05, 4.69) is 0 Å². The number of hydrogen-bond acceptors (Lipinski definition) is 4. The van der Waals surface area contributed by atoms with Gasteiger partial charge in [0, 0.05) is 25.3 Å². The first kappa shape index (κ1) is 15.5. The van der Waals surface area contributed by atoms with Crippen LogP contribution >= 0.6 is 11.6 Å². The van der Waals surface area contributed by atoms with Crippen molar-refractivity contribution in [3.63, 3.8) is 0 Å². The summed E-state index contributed by atoms with van der Waals surface area (Å²) in [5.74, 6) is -0.736. The van der Waals surface area contributed by atoms with Crippen molar-refractivity contribution in [2.75, 3.05) is 0 Å². The maximum atomic E-state index is 11.1. The number of hydrogen-bond donors (Lipinski definition) is 0. The Morgan fingerprint density at radius 1 is 1.11 bits per heavy atom. The number of carbonyl (C=O) groups excluding carboxylic acids is 2. The molecule has 1 aromatic rings. The Hall–Kier alpha value is -1.55. The lowest BCUT2D eigenvalue weighted by atomic mass is 10.0. The van der Waals surface area contributed by atoms with E-state index in [1.54, 1.807) is 31.2 Å². The Balaban J connectivity index is 2.79. The van der Waals surface area contributed by atoms with Gasteiger partial charge in [-0.15, -0.1) is 0 Å². The summed E-state index contributed by atoms with van der Waals surface area (Å²) in [6.07, 6.45) is -0.387. The van der Waals surface area contributed by atoms with Crippen molar-refractivity contribution < 1.29 is 19.1 Å². The van der Waals surface area contributed by atoms with Gasteiger partial charge in [0.2, 0.25) is 0 Å². The molecule has 0 bridgehead atoms. The molecule has 0 spiro atoms. The van der Waals surface area contributed by atoms with Gasteiger partial charge in [-0.1, -0.05) is 23.7 Å². The fourth-order valence-corrected chi connectivity index (χ4v) is 1.89. The smallest absolute Gasteiger partial charge is 0.303 e. The maximum absolute atomic E-state index is 11.1. The molecule has 0 radical (unpaired) electrons. The molecular weight excluding hydrogens is 268 g/mol. The lowest BCUT2D eigenvalue weighted by molar-refractivity contribution is -0.152. The zero-order chi connectivity index (χ0) is 14.4. The number of rotatable bonds is 5. The molecule has 0 aliphatic carbocycles. The van der Waals surface area contributed by atoms with E-state index in [1.165, 1.54) is 13.8 Å². The van der Waals surface area contributed by atoms with Crippen LogP contribution in [0.25, 0.3) is 0 Å². The molecule has 0 saturated carbocycles. The monoisotopic (exact) mass is 284 g/mol. The molecule has 0 amide bonds. The Bertz CT molecular complexity index is 441. The zero-order valence-corrected chi connectivity index (χ0v) is 11.9. The van der Waals surface area contributed by atoms with E-state index >= 15 is 0 Å². The molecule has 1 rings (SSSR count). The Labute approximate surface area is 117 Å². The highest BCUT2D eigenvalue weighted by molar-refractivity contribution is 6.30. The van der Waals surface area contributed by atoms with Gasteiger partial charge in [-0.2, -0.15) is 0 Å². The minimum Gasteiger partial charge on any atom is -0.463 e. The maximum Gasteiger partial charge on any atom is 0.303 e. The van der Waals surface area contributed by atoms with Gasteiger partial charge < -0.3 is 9.47 Å². The second-order valence-electron chi connectivity index (χ2n) is 4.31. The standard InChI is InChI=1S/C14H17ClO4/c1-9(18-10(2)16)8-14(19-11(3)17)12-4-6-13(15)7-5-12/h4-7,9,14H,8H2,1-3H3/t9-,14-/m1/s1. The molecule has 104 valence electrons. The SMILES string of the molecule is CC(=O)O[C@H](C)C[C@@H](OC(C)=O)c1ccc(Cl)cc1. The van der Waals surface area contributed by atoms with Crippen molar-refractivity contribution in [2.45, 2.75) is 39.4 Å². The minimum atomic E-state index is -0.455. The highest BCUT2D eigenvalue weighted by Crippen LogP contribution is 2.25. The minimum absolute atomic E-state index is 0.336. The third-order valence-corrected chi connectivity index (χ3v) is 2.72. The van der Waals surface area contributed by atoms with Crippen molar-refractivity contribution in [3.8, 4) is 0 Å². The highest BCUT2D eigenvalue weighted by atomic mass is 35.5. The van der Waals surface area contributed by atoms with Crippen LogP contribution in [0.4, 0.5) is 0 Å². The van der Waals surface area contributed by atoms with Gasteiger partial charge in [-0.3, -0.25) is 9.59 Å². The molecule has 0 unspecified atom stereocenters. The average Bonchev–Trinajstić information content (AvgIpc) is 2.27. The van der Waals surface area contributed by atoms with E-state index in [9.17, 15) is 9.59 Å². The van der Waals surface area contributed by atoms with Crippen molar-refractivity contribution in [3.05, 3.63) is 34.9 Å². The molecule has 0 aromatic heterocycles. The molecule has 5 heteroatoms. The largest absolute Gasteiger partial charge is 0.463 e. The van der Waals surface area contributed by atoms with E-state index in [0.717, 1.165) is 5.56 Å². The summed E-state index contributed by atoms with van der Waals surface area (Å²) < 4.78 is 10.3. The molecule has 0 aliphatic rings. The molecule has 0 heterocycles. The van der Waals surface area contributed by atoms with Gasteiger partial charge in [0.1, 0.15) is 12.2 Å². The van der Waals surface area contributed by atoms with Crippen LogP contribution in [0.3, 0.4) is 0 Å². The normalized spacial score (nSPS) is 13.5. The van der Waals surface area contributed by atoms with E-state index in [-0.39, 0.29) is 18.0 Å². The first-order chi connectivity index (χ1) is 8.88. The molecule has 0 fully saturated rings. The van der Waals surface area contributed by atoms with Crippen LogP contribution < -0.4 is 0 Å². The van der Waals surface area contributed by atoms with E-state index < -0.39 is 6.10 Å². The summed E-state index contributed by atoms with van der Waals surface area (Å²) >= 11 is 5.82. The lowest BCUT2D eigenvalue weighted by Crippen LogP contribution is -2.19. The van der Waals surface area contributed by atoms with Crippen molar-refractivity contribution in [2.24, 2.45) is 0 Å². The average molecular weight is 285 g/mol. The predicted molar refractivity (Wildman–Crippen MR) is 71.8 cm³/mol. The van der Waals surface area contributed by atoms with E-state index in [0.29, 0.717) is 11.4 Å². The quantitative estimate of drug-likeness (QED) is 0.779. The molecule has 0 aliphatic heterocycles. The Kier molecular flexibility index (Phi) is 5.83. The summed E-state index contributed by atoms with van der Waals surface area (Å²) in [5, 5.41) is 0.610. The van der Waals surface area contributed by atoms with E-state index in [1.807, 2.05) is 0 Å². The summed E-state index contributed by atoms with van der Waals surface area (Å²) in [4.78, 5) is 22.0. The number of ether oxygens (including phenoxy) is 2. The first-order valence-electron chi connectivity index (χ1n) is 5.98. The molecule has 2 atom stereocenters. The molecule has 19 heavy (non-hydrogen) atoms. The van der Waals surface area contributed by atoms with Crippen molar-refractivity contribution in [1.29, 1.82) is 0 Å². The lowest BCUT2D eigenvalue weighted by Gasteiger charge is -2.21.